The molecule has 1 aliphatic heterocycles. The van der Waals surface area contributed by atoms with Crippen LogP contribution < -0.4 is 19.1 Å². The van der Waals surface area contributed by atoms with E-state index in [1.54, 1.807) is 55.6 Å². The highest BCUT2D eigenvalue weighted by molar-refractivity contribution is 7.22. The maximum absolute atomic E-state index is 13.5. The first-order valence-corrected chi connectivity index (χ1v) is 13.0. The minimum Gasteiger partial charge on any atom is -0.507 e. The lowest BCUT2D eigenvalue weighted by atomic mass is 9.95. The van der Waals surface area contributed by atoms with Crippen molar-refractivity contribution in [2.75, 3.05) is 25.2 Å². The first-order chi connectivity index (χ1) is 18.4. The fraction of sp³-hybridized carbons (Fsp3) is 0.207. The Kier molecular flexibility index (Phi) is 7.02. The fourth-order valence-corrected chi connectivity index (χ4v) is 5.46. The van der Waals surface area contributed by atoms with E-state index in [2.05, 4.69) is 4.98 Å². The number of fused-ring (bicyclic) bond motifs is 1. The molecule has 1 N–H and O–H groups in total. The van der Waals surface area contributed by atoms with Crippen LogP contribution in [0.1, 0.15) is 31.0 Å². The van der Waals surface area contributed by atoms with Crippen LogP contribution in [-0.4, -0.2) is 42.1 Å². The molecule has 8 nitrogen and oxygen atoms in total. The lowest BCUT2D eigenvalue weighted by molar-refractivity contribution is -0.132. The molecule has 0 saturated carbocycles. The number of carbonyl (C=O) groups excluding carboxylic acids is 2. The number of aromatic nitrogens is 1. The van der Waals surface area contributed by atoms with E-state index < -0.39 is 17.7 Å². The van der Waals surface area contributed by atoms with Crippen molar-refractivity contribution in [2.24, 2.45) is 0 Å². The van der Waals surface area contributed by atoms with Gasteiger partial charge in [-0.25, -0.2) is 4.98 Å². The van der Waals surface area contributed by atoms with Gasteiger partial charge in [-0.2, -0.15) is 0 Å². The largest absolute Gasteiger partial charge is 0.507 e. The van der Waals surface area contributed by atoms with Crippen molar-refractivity contribution in [3.8, 4) is 17.2 Å². The maximum atomic E-state index is 13.5. The average molecular weight is 531 g/mol. The number of ether oxygens (including phenoxy) is 3. The number of hydrogen-bond acceptors (Lipinski definition) is 8. The van der Waals surface area contributed by atoms with Crippen LogP contribution in [0.2, 0.25) is 0 Å². The molecule has 1 aromatic heterocycles. The van der Waals surface area contributed by atoms with E-state index in [0.717, 1.165) is 4.70 Å². The van der Waals surface area contributed by atoms with E-state index in [9.17, 15) is 14.7 Å². The predicted octanol–water partition coefficient (Wildman–Crippen LogP) is 5.73. The molecule has 0 radical (unpaired) electrons. The number of amides is 1. The molecule has 1 saturated heterocycles. The Morgan fingerprint density at radius 1 is 0.947 bits per heavy atom. The van der Waals surface area contributed by atoms with Crippen LogP contribution in [0, 0.1) is 0 Å². The van der Waals surface area contributed by atoms with Crippen molar-refractivity contribution >= 4 is 44.1 Å². The Hall–Kier alpha value is -4.37. The third kappa shape index (κ3) is 4.56. The highest BCUT2D eigenvalue weighted by Crippen LogP contribution is 2.45. The second-order valence-electron chi connectivity index (χ2n) is 8.46. The third-order valence-corrected chi connectivity index (χ3v) is 7.18. The van der Waals surface area contributed by atoms with Crippen molar-refractivity contribution in [3.05, 3.63) is 83.4 Å². The summed E-state index contributed by atoms with van der Waals surface area (Å²) >= 11 is 1.28. The van der Waals surface area contributed by atoms with Crippen molar-refractivity contribution in [1.82, 2.24) is 4.98 Å². The number of carbonyl (C=O) groups is 2. The van der Waals surface area contributed by atoms with Crippen LogP contribution in [0.4, 0.5) is 5.13 Å². The number of Topliss-reactive ketones (excluding diaryl/α,β-unsaturated/α-hetero) is 1. The van der Waals surface area contributed by atoms with Gasteiger partial charge in [0.1, 0.15) is 23.0 Å². The van der Waals surface area contributed by atoms with Gasteiger partial charge < -0.3 is 19.3 Å². The molecular formula is C29H26N2O6S. The van der Waals surface area contributed by atoms with Crippen LogP contribution in [0.25, 0.3) is 16.0 Å². The van der Waals surface area contributed by atoms with Crippen molar-refractivity contribution in [3.63, 3.8) is 0 Å². The van der Waals surface area contributed by atoms with Gasteiger partial charge in [0.05, 0.1) is 42.2 Å². The van der Waals surface area contributed by atoms with Gasteiger partial charge in [0.2, 0.25) is 0 Å². The smallest absolute Gasteiger partial charge is 0.301 e. The zero-order chi connectivity index (χ0) is 26.8. The normalized spacial score (nSPS) is 16.7. The van der Waals surface area contributed by atoms with Crippen molar-refractivity contribution in [2.45, 2.75) is 19.9 Å². The van der Waals surface area contributed by atoms with Gasteiger partial charge in [0.15, 0.2) is 5.13 Å². The molecule has 3 aromatic carbocycles. The molecule has 0 aliphatic carbocycles. The van der Waals surface area contributed by atoms with Gasteiger partial charge in [0.25, 0.3) is 5.78 Å². The summed E-state index contributed by atoms with van der Waals surface area (Å²) in [4.78, 5) is 33.0. The Bertz CT molecular complexity index is 1540. The number of aliphatic hydroxyl groups is 1. The zero-order valence-corrected chi connectivity index (χ0v) is 22.0. The minimum absolute atomic E-state index is 0.0249. The lowest BCUT2D eigenvalue weighted by Crippen LogP contribution is -2.29. The Labute approximate surface area is 223 Å². The molecule has 194 valence electrons. The Morgan fingerprint density at radius 2 is 1.63 bits per heavy atom. The van der Waals surface area contributed by atoms with Crippen molar-refractivity contribution in [1.29, 1.82) is 0 Å². The summed E-state index contributed by atoms with van der Waals surface area (Å²) in [6.45, 7) is 4.75. The van der Waals surface area contributed by atoms with Crippen LogP contribution in [0.15, 0.2) is 72.3 Å². The molecule has 0 bridgehead atoms. The molecule has 4 aromatic rings. The molecule has 1 amide bonds. The number of anilines is 1. The number of methoxy groups -OCH3 is 1. The van der Waals surface area contributed by atoms with E-state index in [4.69, 9.17) is 14.2 Å². The number of rotatable bonds is 8. The topological polar surface area (TPSA) is 98.2 Å². The number of ketones is 1. The Morgan fingerprint density at radius 3 is 2.32 bits per heavy atom. The van der Waals surface area contributed by atoms with Gasteiger partial charge in [-0.1, -0.05) is 23.5 Å². The summed E-state index contributed by atoms with van der Waals surface area (Å²) < 4.78 is 17.3. The van der Waals surface area contributed by atoms with Crippen molar-refractivity contribution < 1.29 is 28.9 Å². The maximum Gasteiger partial charge on any atom is 0.301 e. The van der Waals surface area contributed by atoms with Gasteiger partial charge in [-0.3, -0.25) is 14.5 Å². The number of thiazole rings is 1. The third-order valence-electron chi connectivity index (χ3n) is 6.16. The summed E-state index contributed by atoms with van der Waals surface area (Å²) in [7, 11) is 1.54. The number of nitrogens with zero attached hydrogens (tertiary/aromatic N) is 2. The second-order valence-corrected chi connectivity index (χ2v) is 9.47. The summed E-state index contributed by atoms with van der Waals surface area (Å²) in [5, 5.41) is 11.7. The zero-order valence-electron chi connectivity index (χ0n) is 21.1. The van der Waals surface area contributed by atoms with Crippen LogP contribution in [-0.2, 0) is 9.59 Å². The van der Waals surface area contributed by atoms with Gasteiger partial charge in [-0.15, -0.1) is 0 Å². The molecule has 1 atom stereocenters. The number of benzene rings is 3. The standard InChI is InChI=1S/C29H26N2O6S/c1-4-36-20-8-6-7-18(15-20)25-24(26(32)17-9-11-19(35-3)12-10-17)27(33)28(34)31(25)29-30-22-14-13-21(37-5-2)16-23(22)38-29/h6-16,25,32H,4-5H2,1-3H3. The molecule has 5 rings (SSSR count). The molecule has 1 fully saturated rings. The van der Waals surface area contributed by atoms with E-state index >= 15 is 0 Å². The van der Waals surface area contributed by atoms with Gasteiger partial charge in [0, 0.05) is 5.56 Å². The SMILES string of the molecule is CCOc1cccc(C2C(=C(O)c3ccc(OC)cc3)C(=O)C(=O)N2c2nc3ccc(OCC)cc3s2)c1. The molecule has 38 heavy (non-hydrogen) atoms. The second kappa shape index (κ2) is 10.5. The predicted molar refractivity (Wildman–Crippen MR) is 146 cm³/mol. The van der Waals surface area contributed by atoms with Crippen LogP contribution in [0.5, 0.6) is 17.2 Å². The molecule has 9 heteroatoms. The first kappa shape index (κ1) is 25.3. The van der Waals surface area contributed by atoms with E-state index in [-0.39, 0.29) is 11.3 Å². The van der Waals surface area contributed by atoms with E-state index in [1.165, 1.54) is 16.2 Å². The quantitative estimate of drug-likeness (QED) is 0.177. The average Bonchev–Trinajstić information content (AvgIpc) is 3.46. The fourth-order valence-electron chi connectivity index (χ4n) is 4.44. The van der Waals surface area contributed by atoms with Crippen LogP contribution in [0.3, 0.4) is 0 Å². The summed E-state index contributed by atoms with van der Waals surface area (Å²) in [6, 6.07) is 18.4. The van der Waals surface area contributed by atoms with E-state index in [0.29, 0.717) is 52.2 Å². The first-order valence-electron chi connectivity index (χ1n) is 12.2. The van der Waals surface area contributed by atoms with Gasteiger partial charge >= 0.3 is 5.91 Å². The summed E-state index contributed by atoms with van der Waals surface area (Å²) in [5.41, 5.74) is 1.65. The molecule has 0 spiro atoms. The molecular weight excluding hydrogens is 504 g/mol. The molecule has 1 aliphatic rings. The van der Waals surface area contributed by atoms with Gasteiger partial charge in [-0.05, 0) is 74.0 Å². The Balaban J connectivity index is 1.68. The van der Waals surface area contributed by atoms with Crippen LogP contribution >= 0.6 is 11.3 Å². The molecule has 1 unspecified atom stereocenters. The minimum atomic E-state index is -0.913. The monoisotopic (exact) mass is 530 g/mol. The summed E-state index contributed by atoms with van der Waals surface area (Å²) in [6.07, 6.45) is 0. The van der Waals surface area contributed by atoms with E-state index in [1.807, 2.05) is 32.0 Å². The number of hydrogen-bond donors (Lipinski definition) is 1. The highest BCUT2D eigenvalue weighted by atomic mass is 32.1. The lowest BCUT2D eigenvalue weighted by Gasteiger charge is -2.23. The summed E-state index contributed by atoms with van der Waals surface area (Å²) in [5.74, 6) is 0.0442. The molecule has 2 heterocycles. The number of aliphatic hydroxyl groups excluding tert-OH is 1. The highest BCUT2D eigenvalue weighted by Gasteiger charge is 2.48.